The van der Waals surface area contributed by atoms with E-state index in [1.807, 2.05) is 24.1 Å². The monoisotopic (exact) mass is 237 g/mol. The maximum Gasteiger partial charge on any atom is 0.0441 e. The fraction of sp³-hybridized carbons (Fsp3) is 0.333. The second-order valence-electron chi connectivity index (χ2n) is 2.74. The molecule has 0 atom stereocenters. The number of hydrogen-bond donors (Lipinski definition) is 0. The van der Waals surface area contributed by atoms with Crippen molar-refractivity contribution >= 4 is 40.5 Å². The fourth-order valence-electron chi connectivity index (χ4n) is 1.02. The number of nitrogens with zero attached hydrogens (tertiary/aromatic N) is 1. The molecule has 0 aliphatic carbocycles. The number of rotatable bonds is 3. The summed E-state index contributed by atoms with van der Waals surface area (Å²) in [5.41, 5.74) is 0.984. The van der Waals surface area contributed by atoms with Crippen LogP contribution in [0.25, 0.3) is 0 Å². The summed E-state index contributed by atoms with van der Waals surface area (Å²) in [5.74, 6) is 0.584. The lowest BCUT2D eigenvalue weighted by Gasteiger charge is -2.18. The second kappa shape index (κ2) is 4.94. The molecule has 0 amide bonds. The van der Waals surface area contributed by atoms with E-state index >= 15 is 0 Å². The summed E-state index contributed by atoms with van der Waals surface area (Å²) >= 11 is 17.3. The minimum absolute atomic E-state index is 0.584. The van der Waals surface area contributed by atoms with Gasteiger partial charge in [0.15, 0.2) is 0 Å². The third-order valence-electron chi connectivity index (χ3n) is 1.71. The van der Waals surface area contributed by atoms with Gasteiger partial charge in [0.05, 0.1) is 0 Å². The van der Waals surface area contributed by atoms with Gasteiger partial charge in [-0.25, -0.2) is 0 Å². The van der Waals surface area contributed by atoms with Gasteiger partial charge in [0, 0.05) is 35.2 Å². The lowest BCUT2D eigenvalue weighted by Crippen LogP contribution is -2.19. The molecule has 0 heterocycles. The summed E-state index contributed by atoms with van der Waals surface area (Å²) in [6.45, 7) is 0.776. The van der Waals surface area contributed by atoms with Gasteiger partial charge < -0.3 is 4.90 Å². The Labute approximate surface area is 93.2 Å². The van der Waals surface area contributed by atoms with E-state index in [0.29, 0.717) is 15.9 Å². The number of benzene rings is 1. The summed E-state index contributed by atoms with van der Waals surface area (Å²) in [6, 6.07) is 5.43. The lowest BCUT2D eigenvalue weighted by atomic mass is 10.3. The molecule has 0 radical (unpaired) electrons. The summed E-state index contributed by atoms with van der Waals surface area (Å²) < 4.78 is 0. The topological polar surface area (TPSA) is 3.24 Å². The van der Waals surface area contributed by atoms with E-state index in [9.17, 15) is 0 Å². The molecule has 0 saturated heterocycles. The predicted octanol–water partition coefficient (Wildman–Crippen LogP) is 3.67. The van der Waals surface area contributed by atoms with Crippen LogP contribution in [0, 0.1) is 0 Å². The van der Waals surface area contributed by atoms with Gasteiger partial charge in [-0.1, -0.05) is 23.2 Å². The number of halogens is 3. The number of alkyl halides is 1. The Hall–Kier alpha value is -0.110. The van der Waals surface area contributed by atoms with E-state index in [1.165, 1.54) is 0 Å². The zero-order valence-corrected chi connectivity index (χ0v) is 9.50. The molecular weight excluding hydrogens is 228 g/mol. The third-order valence-corrected chi connectivity index (χ3v) is 2.31. The summed E-state index contributed by atoms with van der Waals surface area (Å²) in [7, 11) is 1.95. The Morgan fingerprint density at radius 1 is 1.15 bits per heavy atom. The third kappa shape index (κ3) is 3.26. The smallest absolute Gasteiger partial charge is 0.0441 e. The second-order valence-corrected chi connectivity index (χ2v) is 3.99. The van der Waals surface area contributed by atoms with Crippen molar-refractivity contribution in [2.45, 2.75) is 0 Å². The van der Waals surface area contributed by atoms with E-state index in [1.54, 1.807) is 6.07 Å². The van der Waals surface area contributed by atoms with Gasteiger partial charge >= 0.3 is 0 Å². The molecule has 0 aliphatic rings. The van der Waals surface area contributed by atoms with Crippen LogP contribution in [-0.2, 0) is 0 Å². The van der Waals surface area contributed by atoms with E-state index in [-0.39, 0.29) is 0 Å². The molecule has 0 aliphatic heterocycles. The highest BCUT2D eigenvalue weighted by Crippen LogP contribution is 2.24. The Kier molecular flexibility index (Phi) is 4.17. The van der Waals surface area contributed by atoms with Crippen molar-refractivity contribution in [1.29, 1.82) is 0 Å². The number of hydrogen-bond acceptors (Lipinski definition) is 1. The normalized spacial score (nSPS) is 10.2. The van der Waals surface area contributed by atoms with Crippen LogP contribution in [0.4, 0.5) is 5.69 Å². The van der Waals surface area contributed by atoms with Crippen LogP contribution in [0.15, 0.2) is 18.2 Å². The van der Waals surface area contributed by atoms with Gasteiger partial charge in [-0.05, 0) is 18.2 Å². The van der Waals surface area contributed by atoms with Crippen LogP contribution in [-0.4, -0.2) is 19.5 Å². The van der Waals surface area contributed by atoms with Crippen LogP contribution in [0.1, 0.15) is 0 Å². The highest BCUT2D eigenvalue weighted by atomic mass is 35.5. The molecule has 0 N–H and O–H groups in total. The van der Waals surface area contributed by atoms with Gasteiger partial charge in [0.2, 0.25) is 0 Å². The molecule has 1 aromatic carbocycles. The van der Waals surface area contributed by atoms with Crippen LogP contribution in [0.2, 0.25) is 10.0 Å². The summed E-state index contributed by atoms with van der Waals surface area (Å²) in [6.07, 6.45) is 0. The standard InChI is InChI=1S/C9H10Cl3N/c1-13(3-2-10)9-5-7(11)4-8(12)6-9/h4-6H,2-3H2,1H3. The van der Waals surface area contributed by atoms with Crippen LogP contribution < -0.4 is 4.90 Å². The molecule has 4 heteroatoms. The Balaban J connectivity index is 2.87. The zero-order valence-electron chi connectivity index (χ0n) is 7.23. The first-order valence-corrected chi connectivity index (χ1v) is 5.15. The molecule has 0 aromatic heterocycles. The molecule has 0 spiro atoms. The van der Waals surface area contributed by atoms with Crippen molar-refractivity contribution in [2.24, 2.45) is 0 Å². The van der Waals surface area contributed by atoms with Crippen LogP contribution in [0.5, 0.6) is 0 Å². The predicted molar refractivity (Wildman–Crippen MR) is 60.5 cm³/mol. The first kappa shape index (κ1) is 11.0. The molecule has 1 rings (SSSR count). The van der Waals surface area contributed by atoms with E-state index in [0.717, 1.165) is 12.2 Å². The first-order valence-electron chi connectivity index (χ1n) is 3.86. The Bertz CT molecular complexity index is 268. The quantitative estimate of drug-likeness (QED) is 0.726. The molecule has 0 unspecified atom stereocenters. The molecule has 1 aromatic rings. The average Bonchev–Trinajstić information content (AvgIpc) is 2.03. The zero-order chi connectivity index (χ0) is 9.84. The minimum Gasteiger partial charge on any atom is -0.373 e. The van der Waals surface area contributed by atoms with E-state index in [4.69, 9.17) is 34.8 Å². The molecule has 0 saturated carbocycles. The minimum atomic E-state index is 0.584. The van der Waals surface area contributed by atoms with Gasteiger partial charge in [0.1, 0.15) is 0 Å². The molecular formula is C9H10Cl3N. The summed E-state index contributed by atoms with van der Waals surface area (Å²) in [4.78, 5) is 2.00. The molecule has 13 heavy (non-hydrogen) atoms. The fourth-order valence-corrected chi connectivity index (χ4v) is 1.78. The maximum atomic E-state index is 5.85. The van der Waals surface area contributed by atoms with E-state index < -0.39 is 0 Å². The molecule has 0 bridgehead atoms. The van der Waals surface area contributed by atoms with Gasteiger partial charge in [-0.2, -0.15) is 0 Å². The molecule has 72 valence electrons. The first-order chi connectivity index (χ1) is 6.13. The van der Waals surface area contributed by atoms with Crippen molar-refractivity contribution in [1.82, 2.24) is 0 Å². The van der Waals surface area contributed by atoms with Gasteiger partial charge in [-0.3, -0.25) is 0 Å². The van der Waals surface area contributed by atoms with Crippen molar-refractivity contribution in [3.05, 3.63) is 28.2 Å². The SMILES string of the molecule is CN(CCCl)c1cc(Cl)cc(Cl)c1. The maximum absolute atomic E-state index is 5.85. The Morgan fingerprint density at radius 3 is 2.15 bits per heavy atom. The Morgan fingerprint density at radius 2 is 1.69 bits per heavy atom. The van der Waals surface area contributed by atoms with Crippen LogP contribution >= 0.6 is 34.8 Å². The molecule has 1 nitrogen and oxygen atoms in total. The number of anilines is 1. The summed E-state index contributed by atoms with van der Waals surface area (Å²) in [5, 5.41) is 1.29. The van der Waals surface area contributed by atoms with E-state index in [2.05, 4.69) is 0 Å². The van der Waals surface area contributed by atoms with Crippen LogP contribution in [0.3, 0.4) is 0 Å². The molecule has 0 fully saturated rings. The van der Waals surface area contributed by atoms with Crippen molar-refractivity contribution in [2.75, 3.05) is 24.4 Å². The van der Waals surface area contributed by atoms with Crippen molar-refractivity contribution in [3.63, 3.8) is 0 Å². The van der Waals surface area contributed by atoms with Crippen molar-refractivity contribution in [3.8, 4) is 0 Å². The van der Waals surface area contributed by atoms with Gasteiger partial charge in [-0.15, -0.1) is 11.6 Å². The highest BCUT2D eigenvalue weighted by Gasteiger charge is 2.02. The average molecular weight is 239 g/mol. The highest BCUT2D eigenvalue weighted by molar-refractivity contribution is 6.35. The van der Waals surface area contributed by atoms with Crippen molar-refractivity contribution < 1.29 is 0 Å². The lowest BCUT2D eigenvalue weighted by molar-refractivity contribution is 0.974. The van der Waals surface area contributed by atoms with Gasteiger partial charge in [0.25, 0.3) is 0 Å². The largest absolute Gasteiger partial charge is 0.373 e.